The lowest BCUT2D eigenvalue weighted by molar-refractivity contribution is 0.0715. The second-order valence-electron chi connectivity index (χ2n) is 5.79. The van der Waals surface area contributed by atoms with E-state index in [1.807, 2.05) is 22.4 Å². The maximum atomic E-state index is 12.6. The van der Waals surface area contributed by atoms with Crippen LogP contribution in [0.3, 0.4) is 0 Å². The van der Waals surface area contributed by atoms with Gasteiger partial charge in [-0.25, -0.2) is 0 Å². The van der Waals surface area contributed by atoms with Gasteiger partial charge in [-0.1, -0.05) is 18.2 Å². The summed E-state index contributed by atoms with van der Waals surface area (Å²) in [5.74, 6) is 0.779. The molecule has 4 nitrogen and oxygen atoms in total. The van der Waals surface area contributed by atoms with Crippen molar-refractivity contribution in [1.82, 2.24) is 4.90 Å². The minimum atomic E-state index is 0.0951. The summed E-state index contributed by atoms with van der Waals surface area (Å²) < 4.78 is 5.27. The van der Waals surface area contributed by atoms with Crippen LogP contribution in [-0.4, -0.2) is 44.1 Å². The lowest BCUT2D eigenvalue weighted by Gasteiger charge is -2.37. The van der Waals surface area contributed by atoms with Gasteiger partial charge in [0.25, 0.3) is 5.91 Å². The highest BCUT2D eigenvalue weighted by atomic mass is 32.1. The van der Waals surface area contributed by atoms with Crippen molar-refractivity contribution in [2.24, 2.45) is 0 Å². The SMILES string of the molecule is COc1ccsc1C(=O)N1CCC(N(C)c2ccccc2)CC1. The predicted octanol–water partition coefficient (Wildman–Crippen LogP) is 3.50. The van der Waals surface area contributed by atoms with Crippen LogP contribution in [0.25, 0.3) is 0 Å². The van der Waals surface area contributed by atoms with E-state index in [2.05, 4.69) is 36.2 Å². The molecule has 122 valence electrons. The van der Waals surface area contributed by atoms with Gasteiger partial charge in [0.15, 0.2) is 0 Å². The zero-order chi connectivity index (χ0) is 16.2. The van der Waals surface area contributed by atoms with E-state index in [0.717, 1.165) is 25.9 Å². The number of methoxy groups -OCH3 is 1. The molecule has 1 aliphatic rings. The Morgan fingerprint density at radius 3 is 2.57 bits per heavy atom. The summed E-state index contributed by atoms with van der Waals surface area (Å²) in [6.45, 7) is 1.59. The van der Waals surface area contributed by atoms with Crippen LogP contribution in [0.5, 0.6) is 5.75 Å². The molecule has 2 aromatic rings. The summed E-state index contributed by atoms with van der Waals surface area (Å²) in [5.41, 5.74) is 1.23. The lowest BCUT2D eigenvalue weighted by atomic mass is 10.0. The normalized spacial score (nSPS) is 15.5. The number of carbonyl (C=O) groups is 1. The Labute approximate surface area is 141 Å². The van der Waals surface area contributed by atoms with E-state index in [9.17, 15) is 4.79 Å². The summed E-state index contributed by atoms with van der Waals surface area (Å²) in [6.07, 6.45) is 1.98. The Bertz CT molecular complexity index is 648. The van der Waals surface area contributed by atoms with Crippen LogP contribution in [0.4, 0.5) is 5.69 Å². The number of para-hydroxylation sites is 1. The minimum Gasteiger partial charge on any atom is -0.495 e. The molecule has 0 saturated carbocycles. The molecule has 0 bridgehead atoms. The Morgan fingerprint density at radius 2 is 1.91 bits per heavy atom. The maximum absolute atomic E-state index is 12.6. The number of benzene rings is 1. The molecule has 1 amide bonds. The fourth-order valence-electron chi connectivity index (χ4n) is 3.09. The highest BCUT2D eigenvalue weighted by molar-refractivity contribution is 7.12. The molecule has 0 atom stereocenters. The monoisotopic (exact) mass is 330 g/mol. The zero-order valence-corrected chi connectivity index (χ0v) is 14.4. The first-order chi connectivity index (χ1) is 11.2. The fraction of sp³-hybridized carbons (Fsp3) is 0.389. The third-order valence-corrected chi connectivity index (χ3v) is 5.39. The number of ether oxygens (including phenoxy) is 1. The highest BCUT2D eigenvalue weighted by Gasteiger charge is 2.28. The van der Waals surface area contributed by atoms with Crippen molar-refractivity contribution in [1.29, 1.82) is 0 Å². The van der Waals surface area contributed by atoms with E-state index in [1.54, 1.807) is 7.11 Å². The number of anilines is 1. The summed E-state index contributed by atoms with van der Waals surface area (Å²) in [5, 5.41) is 1.90. The summed E-state index contributed by atoms with van der Waals surface area (Å²) >= 11 is 1.45. The standard InChI is InChI=1S/C18H22N2O2S/c1-19(14-6-4-3-5-7-14)15-8-11-20(12-9-15)18(21)17-16(22-2)10-13-23-17/h3-7,10,13,15H,8-9,11-12H2,1-2H3. The number of piperidine rings is 1. The zero-order valence-electron chi connectivity index (χ0n) is 13.6. The summed E-state index contributed by atoms with van der Waals surface area (Å²) in [7, 11) is 3.75. The Kier molecular flexibility index (Phi) is 4.86. The van der Waals surface area contributed by atoms with Crippen LogP contribution in [0.1, 0.15) is 22.5 Å². The van der Waals surface area contributed by atoms with Crippen LogP contribution in [0.15, 0.2) is 41.8 Å². The van der Waals surface area contributed by atoms with Gasteiger partial charge in [-0.2, -0.15) is 0 Å². The van der Waals surface area contributed by atoms with Gasteiger partial charge in [0.1, 0.15) is 10.6 Å². The molecule has 23 heavy (non-hydrogen) atoms. The third-order valence-electron chi connectivity index (χ3n) is 4.51. The molecule has 1 aliphatic heterocycles. The van der Waals surface area contributed by atoms with Crippen molar-refractivity contribution in [3.8, 4) is 5.75 Å². The Balaban J connectivity index is 1.61. The van der Waals surface area contributed by atoms with E-state index >= 15 is 0 Å². The molecule has 3 rings (SSSR count). The average Bonchev–Trinajstić information content (AvgIpc) is 3.10. The van der Waals surface area contributed by atoms with Gasteiger partial charge in [0, 0.05) is 31.9 Å². The van der Waals surface area contributed by atoms with Gasteiger partial charge < -0.3 is 14.5 Å². The second-order valence-corrected chi connectivity index (χ2v) is 6.70. The summed E-state index contributed by atoms with van der Waals surface area (Å²) in [6, 6.07) is 12.8. The fourth-order valence-corrected chi connectivity index (χ4v) is 3.91. The van der Waals surface area contributed by atoms with Gasteiger partial charge in [-0.05, 0) is 36.4 Å². The average molecular weight is 330 g/mol. The smallest absolute Gasteiger partial charge is 0.267 e. The predicted molar refractivity (Wildman–Crippen MR) is 94.6 cm³/mol. The number of amides is 1. The molecule has 5 heteroatoms. The number of rotatable bonds is 4. The van der Waals surface area contributed by atoms with Crippen molar-refractivity contribution in [2.75, 3.05) is 32.1 Å². The van der Waals surface area contributed by atoms with Crippen LogP contribution in [0, 0.1) is 0 Å². The van der Waals surface area contributed by atoms with Gasteiger partial charge in [0.05, 0.1) is 7.11 Å². The molecule has 1 fully saturated rings. The van der Waals surface area contributed by atoms with Crippen molar-refractivity contribution in [3.05, 3.63) is 46.7 Å². The van der Waals surface area contributed by atoms with Crippen molar-refractivity contribution in [3.63, 3.8) is 0 Å². The molecule has 1 aromatic heterocycles. The first-order valence-corrected chi connectivity index (χ1v) is 8.77. The molecule has 1 aromatic carbocycles. The molecule has 0 radical (unpaired) electrons. The van der Waals surface area contributed by atoms with Crippen LogP contribution >= 0.6 is 11.3 Å². The first kappa shape index (κ1) is 15.9. The van der Waals surface area contributed by atoms with Crippen LogP contribution in [-0.2, 0) is 0 Å². The first-order valence-electron chi connectivity index (χ1n) is 7.89. The van der Waals surface area contributed by atoms with E-state index in [4.69, 9.17) is 4.74 Å². The maximum Gasteiger partial charge on any atom is 0.267 e. The quantitative estimate of drug-likeness (QED) is 0.860. The molecule has 1 saturated heterocycles. The molecule has 0 unspecified atom stereocenters. The lowest BCUT2D eigenvalue weighted by Crippen LogP contribution is -2.45. The number of thiophene rings is 1. The van der Waals surface area contributed by atoms with Crippen LogP contribution < -0.4 is 9.64 Å². The largest absolute Gasteiger partial charge is 0.495 e. The topological polar surface area (TPSA) is 32.8 Å². The molecule has 0 N–H and O–H groups in total. The van der Waals surface area contributed by atoms with Gasteiger partial charge >= 0.3 is 0 Å². The number of nitrogens with zero attached hydrogens (tertiary/aromatic N) is 2. The third kappa shape index (κ3) is 3.34. The summed E-state index contributed by atoms with van der Waals surface area (Å²) in [4.78, 5) is 17.6. The Hall–Kier alpha value is -2.01. The van der Waals surface area contributed by atoms with E-state index < -0.39 is 0 Å². The minimum absolute atomic E-state index is 0.0951. The van der Waals surface area contributed by atoms with E-state index in [0.29, 0.717) is 16.7 Å². The van der Waals surface area contributed by atoms with Crippen molar-refractivity contribution in [2.45, 2.75) is 18.9 Å². The second kappa shape index (κ2) is 7.04. The molecule has 2 heterocycles. The van der Waals surface area contributed by atoms with E-state index in [-0.39, 0.29) is 5.91 Å². The molecule has 0 aliphatic carbocycles. The highest BCUT2D eigenvalue weighted by Crippen LogP contribution is 2.28. The number of hydrogen-bond acceptors (Lipinski definition) is 4. The van der Waals surface area contributed by atoms with Crippen LogP contribution in [0.2, 0.25) is 0 Å². The number of carbonyl (C=O) groups excluding carboxylic acids is 1. The molecular formula is C18H22N2O2S. The van der Waals surface area contributed by atoms with Crippen molar-refractivity contribution < 1.29 is 9.53 Å². The number of hydrogen-bond donors (Lipinski definition) is 0. The molecule has 0 spiro atoms. The van der Waals surface area contributed by atoms with Gasteiger partial charge in [0.2, 0.25) is 0 Å². The van der Waals surface area contributed by atoms with Gasteiger partial charge in [-0.15, -0.1) is 11.3 Å². The van der Waals surface area contributed by atoms with Crippen molar-refractivity contribution >= 4 is 22.9 Å². The molecular weight excluding hydrogens is 308 g/mol. The van der Waals surface area contributed by atoms with Gasteiger partial charge in [-0.3, -0.25) is 4.79 Å². The Morgan fingerprint density at radius 1 is 1.22 bits per heavy atom. The van der Waals surface area contributed by atoms with E-state index in [1.165, 1.54) is 17.0 Å². The number of likely N-dealkylation sites (tertiary alicyclic amines) is 1.